The van der Waals surface area contributed by atoms with E-state index in [2.05, 4.69) is 12.2 Å². The molecule has 1 aromatic rings. The molecule has 15 heavy (non-hydrogen) atoms. The molecule has 0 amide bonds. The Kier molecular flexibility index (Phi) is 3.37. The SMILES string of the molecule is CC(Cc1ccccc1F)NCC1CC1. The van der Waals surface area contributed by atoms with Crippen molar-refractivity contribution in [1.82, 2.24) is 5.32 Å². The van der Waals surface area contributed by atoms with Crippen LogP contribution in [-0.4, -0.2) is 12.6 Å². The van der Waals surface area contributed by atoms with Crippen molar-refractivity contribution >= 4 is 0 Å². The van der Waals surface area contributed by atoms with Gasteiger partial charge in [0.05, 0.1) is 0 Å². The van der Waals surface area contributed by atoms with E-state index in [4.69, 9.17) is 0 Å². The van der Waals surface area contributed by atoms with Gasteiger partial charge in [-0.2, -0.15) is 0 Å². The van der Waals surface area contributed by atoms with Gasteiger partial charge in [0.2, 0.25) is 0 Å². The van der Waals surface area contributed by atoms with Crippen molar-refractivity contribution in [3.8, 4) is 0 Å². The molecule has 1 aliphatic rings. The highest BCUT2D eigenvalue weighted by atomic mass is 19.1. The second kappa shape index (κ2) is 4.75. The fourth-order valence-corrected chi connectivity index (χ4v) is 1.76. The largest absolute Gasteiger partial charge is 0.314 e. The summed E-state index contributed by atoms with van der Waals surface area (Å²) >= 11 is 0. The third-order valence-electron chi connectivity index (χ3n) is 2.94. The first-order valence-corrected chi connectivity index (χ1v) is 5.72. The van der Waals surface area contributed by atoms with E-state index in [0.717, 1.165) is 24.4 Å². The fourth-order valence-electron chi connectivity index (χ4n) is 1.76. The van der Waals surface area contributed by atoms with Gasteiger partial charge in [-0.1, -0.05) is 18.2 Å². The predicted molar refractivity (Wildman–Crippen MR) is 60.3 cm³/mol. The lowest BCUT2D eigenvalue weighted by atomic mass is 10.1. The van der Waals surface area contributed by atoms with Crippen molar-refractivity contribution in [2.75, 3.05) is 6.54 Å². The molecule has 1 aliphatic carbocycles. The van der Waals surface area contributed by atoms with E-state index in [9.17, 15) is 4.39 Å². The van der Waals surface area contributed by atoms with Crippen molar-refractivity contribution in [2.45, 2.75) is 32.2 Å². The van der Waals surface area contributed by atoms with Crippen LogP contribution in [0, 0.1) is 11.7 Å². The van der Waals surface area contributed by atoms with Crippen LogP contribution in [0.15, 0.2) is 24.3 Å². The highest BCUT2D eigenvalue weighted by molar-refractivity contribution is 5.18. The molecule has 1 saturated carbocycles. The zero-order valence-corrected chi connectivity index (χ0v) is 9.17. The van der Waals surface area contributed by atoms with Crippen molar-refractivity contribution in [3.05, 3.63) is 35.6 Å². The van der Waals surface area contributed by atoms with Crippen LogP contribution in [0.4, 0.5) is 4.39 Å². The van der Waals surface area contributed by atoms with Gasteiger partial charge in [0.1, 0.15) is 5.82 Å². The van der Waals surface area contributed by atoms with Gasteiger partial charge in [0, 0.05) is 6.04 Å². The quantitative estimate of drug-likeness (QED) is 0.783. The highest BCUT2D eigenvalue weighted by Crippen LogP contribution is 2.27. The van der Waals surface area contributed by atoms with Crippen LogP contribution < -0.4 is 5.32 Å². The van der Waals surface area contributed by atoms with Crippen LogP contribution in [0.2, 0.25) is 0 Å². The molecular formula is C13H18FN. The second-order valence-electron chi connectivity index (χ2n) is 4.55. The third kappa shape index (κ3) is 3.31. The van der Waals surface area contributed by atoms with Crippen molar-refractivity contribution in [1.29, 1.82) is 0 Å². The molecule has 0 aliphatic heterocycles. The molecule has 1 fully saturated rings. The molecule has 0 heterocycles. The summed E-state index contributed by atoms with van der Waals surface area (Å²) in [6.07, 6.45) is 3.50. The van der Waals surface area contributed by atoms with Gasteiger partial charge in [0.25, 0.3) is 0 Å². The van der Waals surface area contributed by atoms with E-state index >= 15 is 0 Å². The molecule has 0 bridgehead atoms. The number of rotatable bonds is 5. The lowest BCUT2D eigenvalue weighted by Gasteiger charge is -2.13. The molecule has 1 nitrogen and oxygen atoms in total. The van der Waals surface area contributed by atoms with E-state index in [1.54, 1.807) is 6.07 Å². The number of nitrogens with one attached hydrogen (secondary N) is 1. The standard InChI is InChI=1S/C13H18FN/c1-10(15-9-11-6-7-11)8-12-4-2-3-5-13(12)14/h2-5,10-11,15H,6-9H2,1H3. The van der Waals surface area contributed by atoms with Gasteiger partial charge < -0.3 is 5.32 Å². The summed E-state index contributed by atoms with van der Waals surface area (Å²) in [7, 11) is 0. The normalized spacial score (nSPS) is 17.7. The first-order valence-electron chi connectivity index (χ1n) is 5.72. The van der Waals surface area contributed by atoms with Gasteiger partial charge in [-0.15, -0.1) is 0 Å². The van der Waals surface area contributed by atoms with E-state index in [1.807, 2.05) is 12.1 Å². The minimum atomic E-state index is -0.0856. The average molecular weight is 207 g/mol. The van der Waals surface area contributed by atoms with Crippen LogP contribution in [0.3, 0.4) is 0 Å². The Morgan fingerprint density at radius 2 is 2.13 bits per heavy atom. The first kappa shape index (κ1) is 10.6. The van der Waals surface area contributed by atoms with Crippen LogP contribution in [-0.2, 0) is 6.42 Å². The Labute approximate surface area is 90.7 Å². The van der Waals surface area contributed by atoms with E-state index in [1.165, 1.54) is 18.9 Å². The summed E-state index contributed by atoms with van der Waals surface area (Å²) in [5.74, 6) is 0.797. The van der Waals surface area contributed by atoms with Crippen LogP contribution >= 0.6 is 0 Å². The van der Waals surface area contributed by atoms with Crippen LogP contribution in [0.1, 0.15) is 25.3 Å². The maximum atomic E-state index is 13.3. The third-order valence-corrected chi connectivity index (χ3v) is 2.94. The molecular weight excluding hydrogens is 189 g/mol. The summed E-state index contributed by atoms with van der Waals surface area (Å²) in [4.78, 5) is 0. The Morgan fingerprint density at radius 1 is 1.40 bits per heavy atom. The molecule has 82 valence electrons. The summed E-state index contributed by atoms with van der Waals surface area (Å²) in [6, 6.07) is 7.39. The lowest BCUT2D eigenvalue weighted by Crippen LogP contribution is -2.30. The summed E-state index contributed by atoms with van der Waals surface area (Å²) in [5.41, 5.74) is 0.813. The van der Waals surface area contributed by atoms with Gasteiger partial charge in [-0.3, -0.25) is 0 Å². The number of benzene rings is 1. The smallest absolute Gasteiger partial charge is 0.126 e. The summed E-state index contributed by atoms with van der Waals surface area (Å²) in [6.45, 7) is 3.21. The minimum absolute atomic E-state index is 0.0856. The van der Waals surface area contributed by atoms with Gasteiger partial charge in [0.15, 0.2) is 0 Å². The van der Waals surface area contributed by atoms with Crippen molar-refractivity contribution in [3.63, 3.8) is 0 Å². The van der Waals surface area contributed by atoms with Gasteiger partial charge in [-0.25, -0.2) is 4.39 Å². The molecule has 0 aromatic heterocycles. The fraction of sp³-hybridized carbons (Fsp3) is 0.538. The second-order valence-corrected chi connectivity index (χ2v) is 4.55. The van der Waals surface area contributed by atoms with E-state index in [0.29, 0.717) is 6.04 Å². The molecule has 0 radical (unpaired) electrons. The first-order chi connectivity index (χ1) is 7.25. The molecule has 1 N–H and O–H groups in total. The number of hydrogen-bond donors (Lipinski definition) is 1. The zero-order valence-electron chi connectivity index (χ0n) is 9.17. The molecule has 0 spiro atoms. The Bertz CT molecular complexity index is 320. The van der Waals surface area contributed by atoms with Crippen LogP contribution in [0.5, 0.6) is 0 Å². The summed E-state index contributed by atoms with van der Waals surface area (Å²) < 4.78 is 13.3. The Morgan fingerprint density at radius 3 is 2.80 bits per heavy atom. The minimum Gasteiger partial charge on any atom is -0.314 e. The Balaban J connectivity index is 1.81. The molecule has 1 atom stereocenters. The maximum absolute atomic E-state index is 13.3. The topological polar surface area (TPSA) is 12.0 Å². The summed E-state index contributed by atoms with van der Waals surface area (Å²) in [5, 5.41) is 3.45. The maximum Gasteiger partial charge on any atom is 0.126 e. The molecule has 2 heteroatoms. The van der Waals surface area contributed by atoms with Gasteiger partial charge in [-0.05, 0) is 50.3 Å². The van der Waals surface area contributed by atoms with Gasteiger partial charge >= 0.3 is 0 Å². The molecule has 1 aromatic carbocycles. The molecule has 2 rings (SSSR count). The molecule has 1 unspecified atom stereocenters. The van der Waals surface area contributed by atoms with Crippen molar-refractivity contribution < 1.29 is 4.39 Å². The number of hydrogen-bond acceptors (Lipinski definition) is 1. The van der Waals surface area contributed by atoms with E-state index < -0.39 is 0 Å². The lowest BCUT2D eigenvalue weighted by molar-refractivity contribution is 0.511. The van der Waals surface area contributed by atoms with E-state index in [-0.39, 0.29) is 5.82 Å². The monoisotopic (exact) mass is 207 g/mol. The zero-order chi connectivity index (χ0) is 10.7. The number of halogens is 1. The van der Waals surface area contributed by atoms with Crippen LogP contribution in [0.25, 0.3) is 0 Å². The predicted octanol–water partition coefficient (Wildman–Crippen LogP) is 2.76. The highest BCUT2D eigenvalue weighted by Gasteiger charge is 2.21. The molecule has 0 saturated heterocycles. The van der Waals surface area contributed by atoms with Crippen molar-refractivity contribution in [2.24, 2.45) is 5.92 Å². The average Bonchev–Trinajstić information content (AvgIpc) is 3.02. The Hall–Kier alpha value is -0.890.